The van der Waals surface area contributed by atoms with Crippen molar-refractivity contribution < 1.29 is 14.2 Å². The molecule has 0 aliphatic rings. The van der Waals surface area contributed by atoms with Gasteiger partial charge in [0.2, 0.25) is 0 Å². The van der Waals surface area contributed by atoms with E-state index in [0.717, 1.165) is 17.2 Å². The first-order valence-electron chi connectivity index (χ1n) is 4.15. The lowest BCUT2D eigenvalue weighted by molar-refractivity contribution is 0.375. The van der Waals surface area contributed by atoms with Crippen LogP contribution in [0.5, 0.6) is 17.2 Å². The molecule has 0 atom stereocenters. The van der Waals surface area contributed by atoms with E-state index >= 15 is 0 Å². The van der Waals surface area contributed by atoms with E-state index in [1.807, 2.05) is 0 Å². The number of methoxy groups -OCH3 is 3. The molecule has 4 nitrogen and oxygen atoms in total. The van der Waals surface area contributed by atoms with Gasteiger partial charge in [-0.25, -0.2) is 0 Å². The molecule has 80 valence electrons. The Morgan fingerprint density at radius 2 is 0.929 bits per heavy atom. The minimum Gasteiger partial charge on any atom is -0.496 e. The summed E-state index contributed by atoms with van der Waals surface area (Å²) in [4.78, 5) is 0. The van der Waals surface area contributed by atoms with E-state index in [1.165, 1.54) is 7.05 Å². The highest BCUT2D eigenvalue weighted by Gasteiger charge is 2.00. The number of hydrogen-bond donors (Lipinski definition) is 1. The lowest BCUT2D eigenvalue weighted by Crippen LogP contribution is -1.89. The maximum Gasteiger partial charge on any atom is 0.126 e. The van der Waals surface area contributed by atoms with Gasteiger partial charge in [0.15, 0.2) is 0 Å². The summed E-state index contributed by atoms with van der Waals surface area (Å²) < 4.78 is 15.1. The van der Waals surface area contributed by atoms with Crippen molar-refractivity contribution in [1.29, 1.82) is 0 Å². The molecule has 1 rings (SSSR count). The Kier molecular flexibility index (Phi) is 6.32. The third-order valence-corrected chi connectivity index (χ3v) is 1.56. The topological polar surface area (TPSA) is 53.7 Å². The third kappa shape index (κ3) is 3.53. The van der Waals surface area contributed by atoms with E-state index in [9.17, 15) is 0 Å². The Bertz CT molecular complexity index is 208. The molecular formula is C10H17NO3. The van der Waals surface area contributed by atoms with Crippen LogP contribution < -0.4 is 19.9 Å². The fourth-order valence-electron chi connectivity index (χ4n) is 0.899. The van der Waals surface area contributed by atoms with Crippen molar-refractivity contribution in [3.63, 3.8) is 0 Å². The molecule has 0 spiro atoms. The molecule has 0 unspecified atom stereocenters. The van der Waals surface area contributed by atoms with Crippen molar-refractivity contribution in [2.45, 2.75) is 0 Å². The normalized spacial score (nSPS) is 8.36. The molecule has 0 amide bonds. The Morgan fingerprint density at radius 1 is 0.714 bits per heavy atom. The lowest BCUT2D eigenvalue weighted by Gasteiger charge is -2.06. The SMILES string of the molecule is CN.COc1cc(OC)cc(OC)c1. The highest BCUT2D eigenvalue weighted by molar-refractivity contribution is 5.41. The predicted octanol–water partition coefficient (Wildman–Crippen LogP) is 1.29. The first-order chi connectivity index (χ1) is 6.80. The summed E-state index contributed by atoms with van der Waals surface area (Å²) >= 11 is 0. The van der Waals surface area contributed by atoms with Crippen molar-refractivity contribution in [2.24, 2.45) is 5.73 Å². The molecule has 0 aliphatic carbocycles. The van der Waals surface area contributed by atoms with Gasteiger partial charge in [-0.05, 0) is 7.05 Å². The summed E-state index contributed by atoms with van der Waals surface area (Å²) in [5, 5.41) is 0. The fraction of sp³-hybridized carbons (Fsp3) is 0.400. The molecule has 0 aliphatic heterocycles. The molecular weight excluding hydrogens is 182 g/mol. The quantitative estimate of drug-likeness (QED) is 0.797. The summed E-state index contributed by atoms with van der Waals surface area (Å²) in [6.07, 6.45) is 0. The van der Waals surface area contributed by atoms with Crippen LogP contribution in [0.15, 0.2) is 18.2 Å². The highest BCUT2D eigenvalue weighted by atomic mass is 16.5. The van der Waals surface area contributed by atoms with Gasteiger partial charge >= 0.3 is 0 Å². The van der Waals surface area contributed by atoms with E-state index in [2.05, 4.69) is 5.73 Å². The summed E-state index contributed by atoms with van der Waals surface area (Å²) in [6.45, 7) is 0. The Balaban J connectivity index is 0.000000791. The fourth-order valence-corrected chi connectivity index (χ4v) is 0.899. The molecule has 0 fully saturated rings. The zero-order chi connectivity index (χ0) is 11.0. The standard InChI is InChI=1S/C9H12O3.CH5N/c1-10-7-4-8(11-2)6-9(5-7)12-3;1-2/h4-6H,1-3H3;2H2,1H3. The number of nitrogens with two attached hydrogens (primary N) is 1. The minimum atomic E-state index is 0.728. The molecule has 1 aromatic rings. The number of ether oxygens (including phenoxy) is 3. The Hall–Kier alpha value is -1.42. The first-order valence-corrected chi connectivity index (χ1v) is 4.15. The van der Waals surface area contributed by atoms with Gasteiger partial charge in [-0.3, -0.25) is 0 Å². The lowest BCUT2D eigenvalue weighted by atomic mass is 10.3. The van der Waals surface area contributed by atoms with Gasteiger partial charge in [-0.15, -0.1) is 0 Å². The summed E-state index contributed by atoms with van der Waals surface area (Å²) in [5.74, 6) is 2.18. The number of benzene rings is 1. The maximum absolute atomic E-state index is 5.04. The van der Waals surface area contributed by atoms with E-state index in [-0.39, 0.29) is 0 Å². The summed E-state index contributed by atoms with van der Waals surface area (Å²) in [6, 6.07) is 5.38. The minimum absolute atomic E-state index is 0.728. The molecule has 0 aromatic heterocycles. The average Bonchev–Trinajstić information content (AvgIpc) is 2.30. The van der Waals surface area contributed by atoms with Crippen LogP contribution in [-0.2, 0) is 0 Å². The molecule has 4 heteroatoms. The van der Waals surface area contributed by atoms with Crippen molar-refractivity contribution in [1.82, 2.24) is 0 Å². The van der Waals surface area contributed by atoms with E-state index in [0.29, 0.717) is 0 Å². The molecule has 0 saturated carbocycles. The van der Waals surface area contributed by atoms with Crippen molar-refractivity contribution in [3.8, 4) is 17.2 Å². The van der Waals surface area contributed by atoms with Gasteiger partial charge in [-0.1, -0.05) is 0 Å². The van der Waals surface area contributed by atoms with Gasteiger partial charge in [0, 0.05) is 18.2 Å². The van der Waals surface area contributed by atoms with Crippen LogP contribution in [0.3, 0.4) is 0 Å². The molecule has 1 aromatic carbocycles. The first kappa shape index (κ1) is 12.6. The Labute approximate surface area is 84.6 Å². The second kappa shape index (κ2) is 7.03. The molecule has 0 heterocycles. The molecule has 0 bridgehead atoms. The van der Waals surface area contributed by atoms with Gasteiger partial charge < -0.3 is 19.9 Å². The van der Waals surface area contributed by atoms with Crippen LogP contribution in [0, 0.1) is 0 Å². The van der Waals surface area contributed by atoms with E-state index in [1.54, 1.807) is 39.5 Å². The van der Waals surface area contributed by atoms with Gasteiger partial charge in [0.05, 0.1) is 21.3 Å². The number of rotatable bonds is 3. The second-order valence-electron chi connectivity index (χ2n) is 2.25. The monoisotopic (exact) mass is 199 g/mol. The van der Waals surface area contributed by atoms with Crippen LogP contribution in [0.2, 0.25) is 0 Å². The van der Waals surface area contributed by atoms with Gasteiger partial charge in [0.1, 0.15) is 17.2 Å². The highest BCUT2D eigenvalue weighted by Crippen LogP contribution is 2.26. The molecule has 14 heavy (non-hydrogen) atoms. The van der Waals surface area contributed by atoms with Crippen LogP contribution in [0.25, 0.3) is 0 Å². The molecule has 0 radical (unpaired) electrons. The predicted molar refractivity (Wildman–Crippen MR) is 56.2 cm³/mol. The molecule has 0 saturated heterocycles. The summed E-state index contributed by atoms with van der Waals surface area (Å²) in [5.41, 5.74) is 4.50. The van der Waals surface area contributed by atoms with Crippen LogP contribution >= 0.6 is 0 Å². The van der Waals surface area contributed by atoms with E-state index in [4.69, 9.17) is 14.2 Å². The zero-order valence-electron chi connectivity index (χ0n) is 9.03. The smallest absolute Gasteiger partial charge is 0.126 e. The number of hydrogen-bond acceptors (Lipinski definition) is 4. The van der Waals surface area contributed by atoms with Gasteiger partial charge in [0.25, 0.3) is 0 Å². The van der Waals surface area contributed by atoms with Crippen molar-refractivity contribution in [3.05, 3.63) is 18.2 Å². The molecule has 2 N–H and O–H groups in total. The largest absolute Gasteiger partial charge is 0.496 e. The van der Waals surface area contributed by atoms with Crippen molar-refractivity contribution >= 4 is 0 Å². The maximum atomic E-state index is 5.04. The van der Waals surface area contributed by atoms with Crippen LogP contribution in [-0.4, -0.2) is 28.4 Å². The van der Waals surface area contributed by atoms with Crippen molar-refractivity contribution in [2.75, 3.05) is 28.4 Å². The van der Waals surface area contributed by atoms with Crippen LogP contribution in [0.4, 0.5) is 0 Å². The average molecular weight is 199 g/mol. The van der Waals surface area contributed by atoms with Gasteiger partial charge in [-0.2, -0.15) is 0 Å². The summed E-state index contributed by atoms with van der Waals surface area (Å²) in [7, 11) is 6.32. The Morgan fingerprint density at radius 3 is 1.07 bits per heavy atom. The third-order valence-electron chi connectivity index (χ3n) is 1.56. The van der Waals surface area contributed by atoms with E-state index < -0.39 is 0 Å². The second-order valence-corrected chi connectivity index (χ2v) is 2.25. The zero-order valence-corrected chi connectivity index (χ0v) is 9.03. The van der Waals surface area contributed by atoms with Crippen LogP contribution in [0.1, 0.15) is 0 Å².